The Labute approximate surface area is 115 Å². The van der Waals surface area contributed by atoms with Crippen LogP contribution in [0.3, 0.4) is 0 Å². The van der Waals surface area contributed by atoms with E-state index in [4.69, 9.17) is 10.8 Å². The lowest BCUT2D eigenvalue weighted by Gasteiger charge is -2.07. The first-order chi connectivity index (χ1) is 9.67. The van der Waals surface area contributed by atoms with Crippen molar-refractivity contribution in [3.8, 4) is 0 Å². The lowest BCUT2D eigenvalue weighted by molar-refractivity contribution is 0.282. The van der Waals surface area contributed by atoms with Gasteiger partial charge in [0, 0.05) is 0 Å². The van der Waals surface area contributed by atoms with Gasteiger partial charge < -0.3 is 15.4 Å². The number of nitrogens with zero attached hydrogens (tertiary/aromatic N) is 2. The fraction of sp³-hybridized carbons (Fsp3) is 0.133. The Hall–Kier alpha value is -2.40. The molecule has 1 heterocycles. The molecule has 0 aliphatic rings. The molecule has 0 aliphatic heterocycles. The Morgan fingerprint density at radius 1 is 1.10 bits per heavy atom. The number of halogens is 1. The fourth-order valence-corrected chi connectivity index (χ4v) is 2.23. The molecule has 3 rings (SSSR count). The third kappa shape index (κ3) is 2.23. The number of imidazole rings is 1. The summed E-state index contributed by atoms with van der Waals surface area (Å²) in [5, 5.41) is 9.13. The molecule has 1 aromatic heterocycles. The predicted molar refractivity (Wildman–Crippen MR) is 75.6 cm³/mol. The molecule has 4 nitrogen and oxygen atoms in total. The SMILES string of the molecule is Nc1nc2cc(CO)ccc2n1Cc1ccc(F)cc1. The summed E-state index contributed by atoms with van der Waals surface area (Å²) in [6, 6.07) is 11.8. The lowest BCUT2D eigenvalue weighted by Crippen LogP contribution is -2.04. The van der Waals surface area contributed by atoms with Crippen molar-refractivity contribution < 1.29 is 9.50 Å². The third-order valence-corrected chi connectivity index (χ3v) is 3.28. The Balaban J connectivity index is 2.02. The first-order valence-corrected chi connectivity index (χ1v) is 6.27. The zero-order chi connectivity index (χ0) is 14.1. The molecule has 0 atom stereocenters. The molecular formula is C15H14FN3O. The van der Waals surface area contributed by atoms with Gasteiger partial charge in [-0.1, -0.05) is 18.2 Å². The van der Waals surface area contributed by atoms with E-state index in [9.17, 15) is 4.39 Å². The molecule has 0 saturated heterocycles. The second kappa shape index (κ2) is 4.94. The normalized spacial score (nSPS) is 11.1. The predicted octanol–water partition coefficient (Wildman–Crippen LogP) is 2.30. The number of hydrogen-bond acceptors (Lipinski definition) is 3. The molecular weight excluding hydrogens is 257 g/mol. The quantitative estimate of drug-likeness (QED) is 0.768. The van der Waals surface area contributed by atoms with Gasteiger partial charge in [-0.25, -0.2) is 9.37 Å². The molecule has 102 valence electrons. The van der Waals surface area contributed by atoms with Crippen molar-refractivity contribution in [3.05, 3.63) is 59.4 Å². The summed E-state index contributed by atoms with van der Waals surface area (Å²) in [6.07, 6.45) is 0. The number of nitrogen functional groups attached to an aromatic ring is 1. The molecule has 5 heteroatoms. The van der Waals surface area contributed by atoms with Crippen LogP contribution in [-0.2, 0) is 13.2 Å². The minimum Gasteiger partial charge on any atom is -0.392 e. The van der Waals surface area contributed by atoms with E-state index in [0.29, 0.717) is 12.5 Å². The second-order valence-electron chi connectivity index (χ2n) is 4.66. The van der Waals surface area contributed by atoms with Crippen molar-refractivity contribution in [2.24, 2.45) is 0 Å². The highest BCUT2D eigenvalue weighted by molar-refractivity contribution is 5.79. The van der Waals surface area contributed by atoms with Crippen molar-refractivity contribution in [1.29, 1.82) is 0 Å². The average Bonchev–Trinajstić information content (AvgIpc) is 2.76. The monoisotopic (exact) mass is 271 g/mol. The molecule has 0 radical (unpaired) electrons. The first-order valence-electron chi connectivity index (χ1n) is 6.27. The smallest absolute Gasteiger partial charge is 0.201 e. The van der Waals surface area contributed by atoms with Gasteiger partial charge in [-0.15, -0.1) is 0 Å². The van der Waals surface area contributed by atoms with Gasteiger partial charge in [0.25, 0.3) is 0 Å². The van der Waals surface area contributed by atoms with Crippen LogP contribution >= 0.6 is 0 Å². The number of aliphatic hydroxyl groups is 1. The summed E-state index contributed by atoms with van der Waals surface area (Å²) in [7, 11) is 0. The van der Waals surface area contributed by atoms with Gasteiger partial charge in [-0.2, -0.15) is 0 Å². The summed E-state index contributed by atoms with van der Waals surface area (Å²) in [5.74, 6) is 0.143. The molecule has 2 aromatic carbocycles. The Morgan fingerprint density at radius 3 is 2.50 bits per heavy atom. The van der Waals surface area contributed by atoms with E-state index in [2.05, 4.69) is 4.98 Å². The minimum absolute atomic E-state index is 0.0271. The van der Waals surface area contributed by atoms with Crippen LogP contribution < -0.4 is 5.73 Å². The van der Waals surface area contributed by atoms with Crippen molar-refractivity contribution in [2.75, 3.05) is 5.73 Å². The molecule has 0 amide bonds. The Morgan fingerprint density at radius 2 is 1.80 bits per heavy atom. The maximum Gasteiger partial charge on any atom is 0.201 e. The van der Waals surface area contributed by atoms with Crippen molar-refractivity contribution in [2.45, 2.75) is 13.2 Å². The number of nitrogens with two attached hydrogens (primary N) is 1. The van der Waals surface area contributed by atoms with Gasteiger partial charge >= 0.3 is 0 Å². The molecule has 0 fully saturated rings. The summed E-state index contributed by atoms with van der Waals surface area (Å²) in [4.78, 5) is 4.29. The average molecular weight is 271 g/mol. The molecule has 3 aromatic rings. The van der Waals surface area contributed by atoms with E-state index in [-0.39, 0.29) is 12.4 Å². The van der Waals surface area contributed by atoms with Gasteiger partial charge in [0.2, 0.25) is 5.95 Å². The highest BCUT2D eigenvalue weighted by atomic mass is 19.1. The highest BCUT2D eigenvalue weighted by Gasteiger charge is 2.09. The van der Waals surface area contributed by atoms with Gasteiger partial charge in [-0.05, 0) is 35.4 Å². The van der Waals surface area contributed by atoms with Crippen LogP contribution in [0, 0.1) is 5.82 Å². The summed E-state index contributed by atoms with van der Waals surface area (Å²) >= 11 is 0. The zero-order valence-corrected chi connectivity index (χ0v) is 10.8. The lowest BCUT2D eigenvalue weighted by atomic mass is 10.2. The van der Waals surface area contributed by atoms with Crippen molar-refractivity contribution >= 4 is 17.0 Å². The van der Waals surface area contributed by atoms with E-state index in [1.807, 2.05) is 22.8 Å². The highest BCUT2D eigenvalue weighted by Crippen LogP contribution is 2.21. The topological polar surface area (TPSA) is 64.1 Å². The van der Waals surface area contributed by atoms with Crippen molar-refractivity contribution in [3.63, 3.8) is 0 Å². The van der Waals surface area contributed by atoms with Crippen LogP contribution in [0.25, 0.3) is 11.0 Å². The summed E-state index contributed by atoms with van der Waals surface area (Å²) in [6.45, 7) is 0.502. The molecule has 3 N–H and O–H groups in total. The van der Waals surface area contributed by atoms with Crippen LogP contribution in [0.5, 0.6) is 0 Å². The zero-order valence-electron chi connectivity index (χ0n) is 10.8. The molecule has 20 heavy (non-hydrogen) atoms. The number of rotatable bonds is 3. The van der Waals surface area contributed by atoms with Crippen LogP contribution in [0.2, 0.25) is 0 Å². The van der Waals surface area contributed by atoms with Crippen LogP contribution in [-0.4, -0.2) is 14.7 Å². The number of aliphatic hydroxyl groups excluding tert-OH is 1. The Kier molecular flexibility index (Phi) is 3.12. The van der Waals surface area contributed by atoms with E-state index in [0.717, 1.165) is 22.2 Å². The number of hydrogen-bond donors (Lipinski definition) is 2. The molecule has 0 bridgehead atoms. The van der Waals surface area contributed by atoms with E-state index in [1.54, 1.807) is 12.1 Å². The maximum atomic E-state index is 12.9. The van der Waals surface area contributed by atoms with E-state index >= 15 is 0 Å². The van der Waals surface area contributed by atoms with Crippen LogP contribution in [0.15, 0.2) is 42.5 Å². The molecule has 0 aliphatic carbocycles. The second-order valence-corrected chi connectivity index (χ2v) is 4.66. The number of fused-ring (bicyclic) bond motifs is 1. The van der Waals surface area contributed by atoms with Crippen LogP contribution in [0.4, 0.5) is 10.3 Å². The first kappa shape index (κ1) is 12.6. The standard InChI is InChI=1S/C15H14FN3O/c16-12-4-1-10(2-5-12)8-19-14-6-3-11(9-20)7-13(14)18-15(19)17/h1-7,20H,8-9H2,(H2,17,18). The van der Waals surface area contributed by atoms with Gasteiger partial charge in [0.1, 0.15) is 5.82 Å². The van der Waals surface area contributed by atoms with E-state index < -0.39 is 0 Å². The Bertz CT molecular complexity index is 750. The largest absolute Gasteiger partial charge is 0.392 e. The van der Waals surface area contributed by atoms with E-state index in [1.165, 1.54) is 12.1 Å². The molecule has 0 unspecified atom stereocenters. The van der Waals surface area contributed by atoms with Gasteiger partial charge in [0.15, 0.2) is 0 Å². The summed E-state index contributed by atoms with van der Waals surface area (Å²) < 4.78 is 14.8. The molecule has 0 spiro atoms. The van der Waals surface area contributed by atoms with Gasteiger partial charge in [0.05, 0.1) is 24.2 Å². The fourth-order valence-electron chi connectivity index (χ4n) is 2.23. The van der Waals surface area contributed by atoms with Gasteiger partial charge in [-0.3, -0.25) is 0 Å². The molecule has 0 saturated carbocycles. The summed E-state index contributed by atoms with van der Waals surface area (Å²) in [5.41, 5.74) is 9.32. The van der Waals surface area contributed by atoms with Crippen LogP contribution in [0.1, 0.15) is 11.1 Å². The van der Waals surface area contributed by atoms with Crippen molar-refractivity contribution in [1.82, 2.24) is 9.55 Å². The number of aromatic nitrogens is 2. The maximum absolute atomic E-state index is 12.9. The third-order valence-electron chi connectivity index (χ3n) is 3.28. The number of anilines is 1. The minimum atomic E-state index is -0.259. The number of benzene rings is 2.